The van der Waals surface area contributed by atoms with E-state index in [2.05, 4.69) is 10.2 Å². The number of nitro benzene ring substituents is 1. The number of hydrogen-bond acceptors (Lipinski definition) is 4. The number of nitrogens with zero attached hydrogens (tertiary/aromatic N) is 2. The molecule has 0 unspecified atom stereocenters. The summed E-state index contributed by atoms with van der Waals surface area (Å²) in [5.41, 5.74) is 2.28. The summed E-state index contributed by atoms with van der Waals surface area (Å²) < 4.78 is 0. The van der Waals surface area contributed by atoms with Crippen LogP contribution in [0.4, 0.5) is 11.4 Å². The molecule has 1 heterocycles. The molecule has 0 atom stereocenters. The molecule has 0 aromatic heterocycles. The maximum atomic E-state index is 12.3. The Kier molecular flexibility index (Phi) is 5.42. The number of benzene rings is 2. The van der Waals surface area contributed by atoms with Crippen LogP contribution in [0.15, 0.2) is 42.5 Å². The van der Waals surface area contributed by atoms with E-state index in [4.69, 9.17) is 11.6 Å². The lowest BCUT2D eigenvalue weighted by Gasteiger charge is -2.35. The number of halogens is 1. The summed E-state index contributed by atoms with van der Waals surface area (Å²) in [7, 11) is 0. The molecule has 26 heavy (non-hydrogen) atoms. The molecule has 0 spiro atoms. The minimum atomic E-state index is -0.437. The second-order valence-electron chi connectivity index (χ2n) is 6.45. The Bertz CT molecular complexity index is 795. The third kappa shape index (κ3) is 3.96. The highest BCUT2D eigenvalue weighted by Crippen LogP contribution is 2.35. The number of amides is 1. The first-order valence-corrected chi connectivity index (χ1v) is 8.89. The second-order valence-corrected chi connectivity index (χ2v) is 6.86. The number of carbonyl (C=O) groups excluding carboxylic acids is 1. The van der Waals surface area contributed by atoms with Gasteiger partial charge in [0.2, 0.25) is 0 Å². The van der Waals surface area contributed by atoms with Gasteiger partial charge in [0.05, 0.1) is 15.6 Å². The van der Waals surface area contributed by atoms with Crippen molar-refractivity contribution in [3.05, 3.63) is 68.7 Å². The summed E-state index contributed by atoms with van der Waals surface area (Å²) in [5, 5.41) is 14.4. The van der Waals surface area contributed by atoms with Gasteiger partial charge in [0.1, 0.15) is 0 Å². The molecule has 1 N–H and O–H groups in total. The zero-order valence-corrected chi connectivity index (χ0v) is 15.2. The molecule has 1 aliphatic rings. The first-order chi connectivity index (χ1) is 12.5. The van der Waals surface area contributed by atoms with Crippen LogP contribution in [-0.2, 0) is 0 Å². The Morgan fingerprint density at radius 3 is 2.46 bits per heavy atom. The fraction of sp³-hybridized carbons (Fsp3) is 0.316. The molecular weight excluding hydrogens is 354 g/mol. The molecule has 2 aromatic rings. The minimum Gasteiger partial charge on any atom is -0.370 e. The van der Waals surface area contributed by atoms with E-state index >= 15 is 0 Å². The normalized spacial score (nSPS) is 14.9. The molecule has 2 aromatic carbocycles. The summed E-state index contributed by atoms with van der Waals surface area (Å²) in [6.45, 7) is 3.30. The Morgan fingerprint density at radius 1 is 1.23 bits per heavy atom. The molecule has 0 bridgehead atoms. The van der Waals surface area contributed by atoms with Gasteiger partial charge in [-0.15, -0.1) is 0 Å². The van der Waals surface area contributed by atoms with Crippen molar-refractivity contribution in [3.63, 3.8) is 0 Å². The number of hydrogen-bond donors (Lipinski definition) is 1. The number of piperidine rings is 1. The number of rotatable bonds is 4. The van der Waals surface area contributed by atoms with Crippen LogP contribution < -0.4 is 10.2 Å². The van der Waals surface area contributed by atoms with Crippen molar-refractivity contribution < 1.29 is 9.72 Å². The summed E-state index contributed by atoms with van der Waals surface area (Å²) in [4.78, 5) is 24.9. The van der Waals surface area contributed by atoms with Gasteiger partial charge in [-0.2, -0.15) is 0 Å². The first-order valence-electron chi connectivity index (χ1n) is 8.51. The molecule has 3 rings (SSSR count). The van der Waals surface area contributed by atoms with E-state index in [0.29, 0.717) is 10.6 Å². The van der Waals surface area contributed by atoms with Crippen molar-refractivity contribution in [1.82, 2.24) is 5.32 Å². The first kappa shape index (κ1) is 18.2. The Labute approximate surface area is 156 Å². The molecule has 0 saturated carbocycles. The third-order valence-electron chi connectivity index (χ3n) is 4.63. The molecule has 6 nitrogen and oxygen atoms in total. The third-order valence-corrected chi connectivity index (χ3v) is 4.92. The average molecular weight is 374 g/mol. The fourth-order valence-electron chi connectivity index (χ4n) is 3.33. The van der Waals surface area contributed by atoms with Crippen molar-refractivity contribution in [2.24, 2.45) is 0 Å². The average Bonchev–Trinajstić information content (AvgIpc) is 2.63. The van der Waals surface area contributed by atoms with Gasteiger partial charge < -0.3 is 10.2 Å². The van der Waals surface area contributed by atoms with Crippen LogP contribution in [0.1, 0.15) is 28.8 Å². The minimum absolute atomic E-state index is 0.00117. The molecule has 136 valence electrons. The van der Waals surface area contributed by atoms with Crippen LogP contribution in [0.5, 0.6) is 0 Å². The van der Waals surface area contributed by atoms with Crippen LogP contribution >= 0.6 is 11.6 Å². The van der Waals surface area contributed by atoms with E-state index in [-0.39, 0.29) is 17.6 Å². The van der Waals surface area contributed by atoms with Crippen LogP contribution in [0.3, 0.4) is 0 Å². The van der Waals surface area contributed by atoms with Crippen molar-refractivity contribution in [1.29, 1.82) is 0 Å². The molecule has 1 fully saturated rings. The van der Waals surface area contributed by atoms with E-state index in [1.165, 1.54) is 6.07 Å². The molecule has 1 saturated heterocycles. The zero-order chi connectivity index (χ0) is 18.7. The molecule has 1 amide bonds. The van der Waals surface area contributed by atoms with Gasteiger partial charge in [-0.1, -0.05) is 29.8 Å². The van der Waals surface area contributed by atoms with Crippen molar-refractivity contribution in [2.75, 3.05) is 18.0 Å². The Balaban J connectivity index is 1.64. The van der Waals surface area contributed by atoms with Crippen LogP contribution in [-0.4, -0.2) is 30.0 Å². The van der Waals surface area contributed by atoms with Crippen molar-refractivity contribution in [3.8, 4) is 0 Å². The predicted molar refractivity (Wildman–Crippen MR) is 102 cm³/mol. The highest BCUT2D eigenvalue weighted by molar-refractivity contribution is 6.33. The number of anilines is 1. The summed E-state index contributed by atoms with van der Waals surface area (Å²) in [6.07, 6.45) is 1.59. The van der Waals surface area contributed by atoms with Crippen molar-refractivity contribution in [2.45, 2.75) is 25.8 Å². The maximum absolute atomic E-state index is 12.3. The van der Waals surface area contributed by atoms with Crippen molar-refractivity contribution >= 4 is 28.9 Å². The highest BCUT2D eigenvalue weighted by Gasteiger charge is 2.24. The topological polar surface area (TPSA) is 75.5 Å². The monoisotopic (exact) mass is 373 g/mol. The smallest absolute Gasteiger partial charge is 0.271 e. The molecular formula is C19H20ClN3O3. The van der Waals surface area contributed by atoms with E-state index in [9.17, 15) is 14.9 Å². The lowest BCUT2D eigenvalue weighted by atomic mass is 10.0. The van der Waals surface area contributed by atoms with E-state index in [1.807, 2.05) is 25.1 Å². The molecule has 7 heteroatoms. The standard InChI is InChI=1S/C19H20ClN3O3/c1-13-11-16(23(25)26)12-17(20)18(13)22-9-7-15(8-10-22)21-19(24)14-5-3-2-4-6-14/h2-6,11-12,15H,7-10H2,1H3,(H,21,24). The quantitative estimate of drug-likeness (QED) is 0.650. The van der Waals surface area contributed by atoms with E-state index in [1.54, 1.807) is 18.2 Å². The molecule has 1 aliphatic heterocycles. The summed E-state index contributed by atoms with van der Waals surface area (Å²) in [6, 6.07) is 12.2. The lowest BCUT2D eigenvalue weighted by molar-refractivity contribution is -0.384. The van der Waals surface area contributed by atoms with Gasteiger partial charge in [-0.25, -0.2) is 0 Å². The van der Waals surface area contributed by atoms with Gasteiger partial charge >= 0.3 is 0 Å². The highest BCUT2D eigenvalue weighted by atomic mass is 35.5. The number of non-ortho nitro benzene ring substituents is 1. The van der Waals surface area contributed by atoms with Crippen LogP contribution in [0.25, 0.3) is 0 Å². The molecule has 0 radical (unpaired) electrons. The predicted octanol–water partition coefficient (Wildman–Crippen LogP) is 3.96. The Hall–Kier alpha value is -2.60. The number of nitro groups is 1. The number of nitrogens with one attached hydrogen (secondary N) is 1. The van der Waals surface area contributed by atoms with Gasteiger partial charge in [-0.05, 0) is 37.5 Å². The zero-order valence-electron chi connectivity index (χ0n) is 14.4. The second kappa shape index (κ2) is 7.74. The fourth-order valence-corrected chi connectivity index (χ4v) is 3.71. The van der Waals surface area contributed by atoms with Gasteiger partial charge in [0, 0.05) is 36.8 Å². The number of carbonyl (C=O) groups is 1. The van der Waals surface area contributed by atoms with Crippen LogP contribution in [0, 0.1) is 17.0 Å². The van der Waals surface area contributed by atoms with E-state index in [0.717, 1.165) is 37.2 Å². The SMILES string of the molecule is Cc1cc([N+](=O)[O-])cc(Cl)c1N1CCC(NC(=O)c2ccccc2)CC1. The maximum Gasteiger partial charge on any atom is 0.271 e. The van der Waals surface area contributed by atoms with E-state index < -0.39 is 4.92 Å². The number of aryl methyl sites for hydroxylation is 1. The Morgan fingerprint density at radius 2 is 1.88 bits per heavy atom. The van der Waals surface area contributed by atoms with Crippen LogP contribution in [0.2, 0.25) is 5.02 Å². The van der Waals surface area contributed by atoms with Gasteiger partial charge in [-0.3, -0.25) is 14.9 Å². The van der Waals surface area contributed by atoms with Gasteiger partial charge in [0.25, 0.3) is 11.6 Å². The summed E-state index contributed by atoms with van der Waals surface area (Å²) in [5.74, 6) is -0.0615. The lowest BCUT2D eigenvalue weighted by Crippen LogP contribution is -2.45. The molecule has 0 aliphatic carbocycles. The summed E-state index contributed by atoms with van der Waals surface area (Å²) >= 11 is 6.30. The van der Waals surface area contributed by atoms with Gasteiger partial charge in [0.15, 0.2) is 0 Å². The largest absolute Gasteiger partial charge is 0.370 e.